The lowest BCUT2D eigenvalue weighted by Gasteiger charge is -2.12. The summed E-state index contributed by atoms with van der Waals surface area (Å²) in [6.45, 7) is 0. The molecule has 0 unspecified atom stereocenters. The molecule has 0 saturated heterocycles. The summed E-state index contributed by atoms with van der Waals surface area (Å²) in [6, 6.07) is 97.7. The van der Waals surface area contributed by atoms with Crippen LogP contribution in [0, 0.1) is 0 Å². The Morgan fingerprint density at radius 3 is 1.05 bits per heavy atom. The van der Waals surface area contributed by atoms with Crippen LogP contribution in [0.2, 0.25) is 0 Å². The van der Waals surface area contributed by atoms with E-state index in [0.717, 1.165) is 86.8 Å². The predicted octanol–water partition coefficient (Wildman–Crippen LogP) is 19.9. The van der Waals surface area contributed by atoms with Crippen molar-refractivity contribution in [3.63, 3.8) is 0 Å². The van der Waals surface area contributed by atoms with Crippen molar-refractivity contribution in [2.45, 2.75) is 0 Å². The number of nitrogens with zero attached hydrogens (tertiary/aromatic N) is 4. The largest absolute Gasteiger partial charge is 0.488 e. The minimum absolute atomic E-state index is 0.517. The van der Waals surface area contributed by atoms with Crippen molar-refractivity contribution in [3.8, 4) is 33.6 Å². The van der Waals surface area contributed by atoms with Crippen LogP contribution in [-0.4, -0.2) is 37.1 Å². The maximum Gasteiger partial charge on any atom is 0.488 e. The molecule has 0 spiro atoms. The third kappa shape index (κ3) is 9.48. The first-order chi connectivity index (χ1) is 43.3. The van der Waals surface area contributed by atoms with Crippen LogP contribution in [0.3, 0.4) is 0 Å². The molecule has 0 aliphatic heterocycles. The minimum atomic E-state index is -1.44. The fourth-order valence-corrected chi connectivity index (χ4v) is 13.3. The lowest BCUT2D eigenvalue weighted by molar-refractivity contribution is 0.426. The van der Waals surface area contributed by atoms with Crippen molar-refractivity contribution >= 4 is 158 Å². The Balaban J connectivity index is 0.000000115. The number of benzene rings is 14. The molecule has 0 bridgehead atoms. The van der Waals surface area contributed by atoms with Gasteiger partial charge >= 0.3 is 7.12 Å². The number of rotatable bonds is 4. The van der Waals surface area contributed by atoms with Gasteiger partial charge in [-0.05, 0) is 163 Å². The molecule has 14 aromatic carbocycles. The summed E-state index contributed by atoms with van der Waals surface area (Å²) >= 11 is 3.53. The molecule has 4 aromatic heterocycles. The van der Waals surface area contributed by atoms with Crippen molar-refractivity contribution in [1.29, 1.82) is 0 Å². The van der Waals surface area contributed by atoms with Gasteiger partial charge in [-0.2, -0.15) is 0 Å². The quantitative estimate of drug-likeness (QED) is 0.135. The fourth-order valence-electron chi connectivity index (χ4n) is 12.9. The van der Waals surface area contributed by atoms with Gasteiger partial charge in [0.15, 0.2) is 0 Å². The third-order valence-electron chi connectivity index (χ3n) is 17.2. The zero-order valence-electron chi connectivity index (χ0n) is 47.4. The minimum Gasteiger partial charge on any atom is -0.423 e. The molecule has 0 fully saturated rings. The smallest absolute Gasteiger partial charge is 0.423 e. The molecule has 8 heteroatoms. The molecular formula is C80H50BBrN4O2. The van der Waals surface area contributed by atoms with Crippen LogP contribution < -0.4 is 5.46 Å². The van der Waals surface area contributed by atoms with Crippen molar-refractivity contribution < 1.29 is 10.0 Å². The molecule has 0 saturated carbocycles. The summed E-state index contributed by atoms with van der Waals surface area (Å²) < 4.78 is 1.09. The fraction of sp³-hybridized carbons (Fsp3) is 0. The average molecular weight is 1190 g/mol. The first kappa shape index (κ1) is 52.8. The zero-order valence-corrected chi connectivity index (χ0v) is 48.9. The topological polar surface area (TPSA) is 92.0 Å². The molecule has 2 N–H and O–H groups in total. The summed E-state index contributed by atoms with van der Waals surface area (Å²) in [5, 5.41) is 42.8. The molecular weight excluding hydrogens is 1140 g/mol. The molecule has 0 amide bonds. The zero-order chi connectivity index (χ0) is 58.8. The lowest BCUT2D eigenvalue weighted by atomic mass is 9.78. The van der Waals surface area contributed by atoms with Gasteiger partial charge in [0.25, 0.3) is 0 Å². The summed E-state index contributed by atoms with van der Waals surface area (Å²) in [4.78, 5) is 19.1. The Labute approximate surface area is 514 Å². The lowest BCUT2D eigenvalue weighted by Crippen LogP contribution is -2.29. The van der Waals surface area contributed by atoms with Gasteiger partial charge in [-0.25, -0.2) is 9.97 Å². The molecule has 0 radical (unpaired) electrons. The van der Waals surface area contributed by atoms with Crippen LogP contribution in [0.25, 0.3) is 163 Å². The maximum absolute atomic E-state index is 9.42. The van der Waals surface area contributed by atoms with E-state index < -0.39 is 7.12 Å². The Bertz CT molecular complexity index is 5780. The summed E-state index contributed by atoms with van der Waals surface area (Å²) in [6.07, 6.45) is 3.66. The highest BCUT2D eigenvalue weighted by Crippen LogP contribution is 2.39. The monoisotopic (exact) mass is 1190 g/mol. The van der Waals surface area contributed by atoms with Gasteiger partial charge < -0.3 is 10.0 Å². The van der Waals surface area contributed by atoms with Gasteiger partial charge in [0.05, 0.1) is 33.5 Å². The number of fused-ring (bicyclic) bond motifs is 20. The van der Waals surface area contributed by atoms with E-state index in [1.807, 2.05) is 60.9 Å². The number of halogens is 1. The van der Waals surface area contributed by atoms with Crippen molar-refractivity contribution in [3.05, 3.63) is 296 Å². The van der Waals surface area contributed by atoms with Crippen LogP contribution >= 0.6 is 15.9 Å². The van der Waals surface area contributed by atoms with E-state index in [0.29, 0.717) is 5.46 Å². The molecule has 0 aliphatic carbocycles. The van der Waals surface area contributed by atoms with Crippen LogP contribution in [0.1, 0.15) is 0 Å². The SMILES string of the molecule is Brc1ccc2cc(-c3ccc4ccc5cccnc5c4n3)ccc2c1.OB(O)c1ccc2c3ccccc3c3ccccc3c2c1.c1cnc2c(c1)ccc1ccc(-c3ccc4cc(-c5ccc6c7ccccc7c7ccccc7c6c5)ccc4c3)nc12. The maximum atomic E-state index is 9.42. The molecule has 0 atom stereocenters. The molecule has 18 rings (SSSR count). The highest BCUT2D eigenvalue weighted by Gasteiger charge is 2.16. The molecule has 0 aliphatic rings. The standard InChI is InChI=1S/C40H24N2.C22H13BrN2.C18H13BO2/c1-2-9-34-32(7-1)33-8-3-4-10-35(33)37-24-30(17-19-36(34)37)28-13-14-29-23-31(16-15-27(29)22-28)38-20-18-26-12-11-25-6-5-21-41-39(25)40(26)42-38;23-19-9-7-16-12-18(6-5-17(16)13-19)20-10-8-15-4-3-14-2-1-11-24-21(14)22(15)25-20;20-19(21)12-9-10-17-15-7-2-1-5-13(15)14-6-3-4-8-16(14)18(17)11-12/h1-24H;1-13H;1-11,20-21H. The Hall–Kier alpha value is -10.7. The molecule has 88 heavy (non-hydrogen) atoms. The number of aromatic nitrogens is 4. The normalized spacial score (nSPS) is 11.6. The van der Waals surface area contributed by atoms with E-state index in [1.54, 1.807) is 6.07 Å². The van der Waals surface area contributed by atoms with Crippen LogP contribution in [-0.2, 0) is 0 Å². The average Bonchev–Trinajstić information content (AvgIpc) is 1.21. The number of hydrogen-bond donors (Lipinski definition) is 2. The van der Waals surface area contributed by atoms with Gasteiger partial charge in [-0.3, -0.25) is 9.97 Å². The summed E-state index contributed by atoms with van der Waals surface area (Å²) in [5.41, 5.74) is 10.9. The highest BCUT2D eigenvalue weighted by atomic mass is 79.9. The van der Waals surface area contributed by atoms with Crippen LogP contribution in [0.4, 0.5) is 0 Å². The van der Waals surface area contributed by atoms with Crippen molar-refractivity contribution in [1.82, 2.24) is 19.9 Å². The van der Waals surface area contributed by atoms with E-state index in [2.05, 4.69) is 250 Å². The molecule has 412 valence electrons. The Kier molecular flexibility index (Phi) is 13.2. The van der Waals surface area contributed by atoms with Crippen LogP contribution in [0.5, 0.6) is 0 Å². The van der Waals surface area contributed by atoms with E-state index in [4.69, 9.17) is 9.97 Å². The van der Waals surface area contributed by atoms with Crippen molar-refractivity contribution in [2.75, 3.05) is 0 Å². The summed E-state index contributed by atoms with van der Waals surface area (Å²) in [7, 11) is -1.44. The Morgan fingerprint density at radius 2 is 0.580 bits per heavy atom. The van der Waals surface area contributed by atoms with E-state index in [-0.39, 0.29) is 0 Å². The second-order valence-corrected chi connectivity index (χ2v) is 23.3. The van der Waals surface area contributed by atoms with Gasteiger partial charge in [0.2, 0.25) is 0 Å². The Morgan fingerprint density at radius 1 is 0.250 bits per heavy atom. The molecule has 4 heterocycles. The second-order valence-electron chi connectivity index (χ2n) is 22.4. The van der Waals surface area contributed by atoms with Crippen molar-refractivity contribution in [2.24, 2.45) is 0 Å². The highest BCUT2D eigenvalue weighted by molar-refractivity contribution is 9.10. The first-order valence-corrected chi connectivity index (χ1v) is 30.2. The first-order valence-electron chi connectivity index (χ1n) is 29.4. The second kappa shape index (κ2) is 22.0. The van der Waals surface area contributed by atoms with E-state index >= 15 is 0 Å². The third-order valence-corrected chi connectivity index (χ3v) is 17.7. The molecule has 18 aromatic rings. The van der Waals surface area contributed by atoms with E-state index in [9.17, 15) is 10.0 Å². The molecule has 6 nitrogen and oxygen atoms in total. The van der Waals surface area contributed by atoms with Gasteiger partial charge in [-0.15, -0.1) is 0 Å². The predicted molar refractivity (Wildman–Crippen MR) is 374 cm³/mol. The van der Waals surface area contributed by atoms with E-state index in [1.165, 1.54) is 81.1 Å². The van der Waals surface area contributed by atoms with Gasteiger partial charge in [-0.1, -0.05) is 234 Å². The van der Waals surface area contributed by atoms with Crippen LogP contribution in [0.15, 0.2) is 296 Å². The summed E-state index contributed by atoms with van der Waals surface area (Å²) in [5.74, 6) is 0. The van der Waals surface area contributed by atoms with Gasteiger partial charge in [0, 0.05) is 49.5 Å². The van der Waals surface area contributed by atoms with Gasteiger partial charge in [0.1, 0.15) is 0 Å². The number of pyridine rings is 4. The number of hydrogen-bond acceptors (Lipinski definition) is 6.